The number of rotatable bonds is 6. The number of nitrogens with zero attached hydrogens (tertiary/aromatic N) is 4. The van der Waals surface area contributed by atoms with E-state index in [1.165, 1.54) is 11.6 Å². The Balaban J connectivity index is 2.02. The lowest BCUT2D eigenvalue weighted by molar-refractivity contribution is 0.367. The minimum Gasteiger partial charge on any atom is -0.383 e. The molecule has 0 fully saturated rings. The molecule has 0 radical (unpaired) electrons. The third kappa shape index (κ3) is 3.89. The van der Waals surface area contributed by atoms with Crippen LogP contribution < -0.4 is 11.2 Å². The van der Waals surface area contributed by atoms with Gasteiger partial charge in [-0.15, -0.1) is 0 Å². The smallest absolute Gasteiger partial charge is 0.332 e. The fraction of sp³-hybridized carbons (Fsp3) is 0.304. The largest absolute Gasteiger partial charge is 0.383 e. The Morgan fingerprint density at radius 2 is 1.78 bits per heavy atom. The van der Waals surface area contributed by atoms with Gasteiger partial charge in [0, 0.05) is 20.0 Å². The normalized spacial score (nSPS) is 12.7. The maximum Gasteiger partial charge on any atom is 0.332 e. The molecule has 0 amide bonds. The van der Waals surface area contributed by atoms with Crippen molar-refractivity contribution in [3.8, 4) is 0 Å². The maximum atomic E-state index is 12.8. The van der Waals surface area contributed by atoms with Crippen molar-refractivity contribution >= 4 is 32.7 Å². The second kappa shape index (κ2) is 8.76. The van der Waals surface area contributed by atoms with E-state index in [1.807, 2.05) is 56.3 Å². The van der Waals surface area contributed by atoms with Gasteiger partial charge in [0.15, 0.2) is 16.2 Å². The fourth-order valence-electron chi connectivity index (χ4n) is 3.81. The van der Waals surface area contributed by atoms with Gasteiger partial charge >= 0.3 is 5.69 Å². The molecule has 4 rings (SSSR count). The third-order valence-corrected chi connectivity index (χ3v) is 6.30. The van der Waals surface area contributed by atoms with Crippen molar-refractivity contribution in [3.05, 3.63) is 74.6 Å². The molecule has 0 spiro atoms. The molecule has 4 aromatic rings. The molecule has 2 heterocycles. The summed E-state index contributed by atoms with van der Waals surface area (Å²) in [7, 11) is -0.472. The van der Waals surface area contributed by atoms with E-state index >= 15 is 0 Å². The van der Waals surface area contributed by atoms with Crippen molar-refractivity contribution < 1.29 is 9.32 Å². The van der Waals surface area contributed by atoms with Gasteiger partial charge in [0.25, 0.3) is 5.56 Å². The summed E-state index contributed by atoms with van der Waals surface area (Å²) in [4.78, 5) is 34.6. The molecule has 0 aliphatic heterocycles. The van der Waals surface area contributed by atoms with Crippen molar-refractivity contribution in [2.75, 3.05) is 5.94 Å². The van der Waals surface area contributed by atoms with Gasteiger partial charge < -0.3 is 5.11 Å². The number of hydrogen-bond donors (Lipinski definition) is 1. The molecule has 1 atom stereocenters. The Kier molecular flexibility index (Phi) is 6.03. The Labute approximate surface area is 186 Å². The quantitative estimate of drug-likeness (QED) is 0.479. The van der Waals surface area contributed by atoms with E-state index in [0.717, 1.165) is 20.9 Å². The van der Waals surface area contributed by atoms with E-state index < -0.39 is 28.0 Å². The molecule has 0 bridgehead atoms. The number of aliphatic hydroxyl groups excluding tert-OH is 1. The van der Waals surface area contributed by atoms with Crippen LogP contribution in [0.5, 0.6) is 0 Å². The summed E-state index contributed by atoms with van der Waals surface area (Å²) in [6, 6.07) is 13.8. The molecule has 2 aromatic heterocycles. The first-order valence-corrected chi connectivity index (χ1v) is 11.6. The zero-order chi connectivity index (χ0) is 23.0. The Bertz CT molecular complexity index is 1470. The van der Waals surface area contributed by atoms with Gasteiger partial charge in [0.2, 0.25) is 0 Å². The summed E-state index contributed by atoms with van der Waals surface area (Å²) in [6.07, 6.45) is 0.288. The van der Waals surface area contributed by atoms with Crippen LogP contribution in [0.15, 0.2) is 57.1 Å². The van der Waals surface area contributed by atoms with Gasteiger partial charge in [-0.1, -0.05) is 56.3 Å². The third-order valence-electron chi connectivity index (χ3n) is 5.31. The summed E-state index contributed by atoms with van der Waals surface area (Å²) in [6.45, 7) is 4.28. The predicted octanol–water partition coefficient (Wildman–Crippen LogP) is 1.95. The molecule has 0 saturated carbocycles. The minimum atomic E-state index is -1.86. The molecule has 9 heteroatoms. The number of aliphatic hydroxyl groups is 1. The lowest BCUT2D eigenvalue weighted by atomic mass is 10.0. The number of hydrogen-bond acceptors (Lipinski definition) is 6. The Morgan fingerprint density at radius 1 is 1.06 bits per heavy atom. The zero-order valence-corrected chi connectivity index (χ0v) is 18.9. The van der Waals surface area contributed by atoms with Crippen LogP contribution in [0.3, 0.4) is 0 Å². The van der Waals surface area contributed by atoms with Crippen LogP contribution in [-0.4, -0.2) is 34.4 Å². The minimum absolute atomic E-state index is 0.0359. The SMILES string of the molecule is CC(C)Cn1c(=O)n(C)c(=O)c2nc(S(=O)CO)c(Cc3cccc4ccccc34)nc21. The maximum absolute atomic E-state index is 12.8. The van der Waals surface area contributed by atoms with Crippen LogP contribution in [0.2, 0.25) is 0 Å². The van der Waals surface area contributed by atoms with Crippen molar-refractivity contribution in [1.82, 2.24) is 19.1 Å². The molecule has 2 aromatic carbocycles. The first kappa shape index (κ1) is 22.0. The molecular formula is C23H24N4O4S. The highest BCUT2D eigenvalue weighted by atomic mass is 32.2. The molecule has 0 saturated heterocycles. The lowest BCUT2D eigenvalue weighted by Gasteiger charge is -2.15. The van der Waals surface area contributed by atoms with Gasteiger partial charge in [-0.3, -0.25) is 18.1 Å². The Morgan fingerprint density at radius 3 is 2.50 bits per heavy atom. The van der Waals surface area contributed by atoms with Gasteiger partial charge in [0.1, 0.15) is 5.94 Å². The highest BCUT2D eigenvalue weighted by molar-refractivity contribution is 7.84. The molecule has 1 unspecified atom stereocenters. The first-order valence-electron chi connectivity index (χ1n) is 10.3. The van der Waals surface area contributed by atoms with E-state index in [-0.39, 0.29) is 28.5 Å². The molecule has 32 heavy (non-hydrogen) atoms. The second-order valence-electron chi connectivity index (χ2n) is 8.09. The Hall–Kier alpha value is -3.17. The number of fused-ring (bicyclic) bond motifs is 2. The zero-order valence-electron chi connectivity index (χ0n) is 18.1. The van der Waals surface area contributed by atoms with E-state index in [9.17, 15) is 18.9 Å². The van der Waals surface area contributed by atoms with Crippen LogP contribution in [0, 0.1) is 5.92 Å². The van der Waals surface area contributed by atoms with Crippen molar-refractivity contribution in [3.63, 3.8) is 0 Å². The molecule has 0 aliphatic carbocycles. The average Bonchev–Trinajstić information content (AvgIpc) is 2.79. The number of benzene rings is 2. The summed E-state index contributed by atoms with van der Waals surface area (Å²) in [5.74, 6) is -0.516. The van der Waals surface area contributed by atoms with E-state index in [4.69, 9.17) is 0 Å². The van der Waals surface area contributed by atoms with Gasteiger partial charge in [-0.05, 0) is 22.3 Å². The van der Waals surface area contributed by atoms with Crippen LogP contribution in [-0.2, 0) is 30.8 Å². The topological polar surface area (TPSA) is 107 Å². The molecule has 0 aliphatic rings. The molecular weight excluding hydrogens is 428 g/mol. The van der Waals surface area contributed by atoms with Crippen LogP contribution in [0.4, 0.5) is 0 Å². The summed E-state index contributed by atoms with van der Waals surface area (Å²) in [5, 5.41) is 11.7. The van der Waals surface area contributed by atoms with Crippen LogP contribution >= 0.6 is 0 Å². The van der Waals surface area contributed by atoms with E-state index in [0.29, 0.717) is 12.2 Å². The van der Waals surface area contributed by atoms with Crippen molar-refractivity contribution in [2.24, 2.45) is 13.0 Å². The monoisotopic (exact) mass is 452 g/mol. The summed E-state index contributed by atoms with van der Waals surface area (Å²) >= 11 is 0. The number of aromatic nitrogens is 4. The average molecular weight is 453 g/mol. The molecule has 8 nitrogen and oxygen atoms in total. The van der Waals surface area contributed by atoms with Crippen LogP contribution in [0.1, 0.15) is 25.1 Å². The fourth-order valence-corrected chi connectivity index (χ4v) is 4.51. The van der Waals surface area contributed by atoms with Crippen LogP contribution in [0.25, 0.3) is 21.9 Å². The standard InChI is InChI=1S/C23H24N4O4S/c1-14(2)12-27-20-19(22(29)26(3)23(27)30)25-21(32(31)13-28)18(24-20)11-16-9-6-8-15-7-4-5-10-17(15)16/h4-10,14,28H,11-13H2,1-3H3. The van der Waals surface area contributed by atoms with Gasteiger partial charge in [0.05, 0.1) is 16.5 Å². The van der Waals surface area contributed by atoms with Crippen molar-refractivity contribution in [2.45, 2.75) is 31.8 Å². The van der Waals surface area contributed by atoms with Gasteiger partial charge in [-0.2, -0.15) is 0 Å². The predicted molar refractivity (Wildman–Crippen MR) is 124 cm³/mol. The first-order chi connectivity index (χ1) is 15.3. The van der Waals surface area contributed by atoms with Crippen molar-refractivity contribution in [1.29, 1.82) is 0 Å². The van der Waals surface area contributed by atoms with E-state index in [1.54, 1.807) is 0 Å². The lowest BCUT2D eigenvalue weighted by Crippen LogP contribution is -2.40. The molecule has 1 N–H and O–H groups in total. The highest BCUT2D eigenvalue weighted by Gasteiger charge is 2.21. The van der Waals surface area contributed by atoms with Gasteiger partial charge in [-0.25, -0.2) is 14.8 Å². The summed E-state index contributed by atoms with van der Waals surface area (Å²) in [5.41, 5.74) is 0.357. The molecule has 166 valence electrons. The highest BCUT2D eigenvalue weighted by Crippen LogP contribution is 2.23. The van der Waals surface area contributed by atoms with E-state index in [2.05, 4.69) is 9.97 Å². The second-order valence-corrected chi connectivity index (χ2v) is 9.42. The summed E-state index contributed by atoms with van der Waals surface area (Å²) < 4.78 is 15.1.